The molecule has 4 amide bonds. The van der Waals surface area contributed by atoms with Crippen LogP contribution in [0.5, 0.6) is 5.75 Å². The van der Waals surface area contributed by atoms with Crippen molar-refractivity contribution in [3.8, 4) is 5.75 Å². The lowest BCUT2D eigenvalue weighted by Crippen LogP contribution is -2.58. The van der Waals surface area contributed by atoms with Crippen LogP contribution in [0.1, 0.15) is 30.4 Å². The summed E-state index contributed by atoms with van der Waals surface area (Å²) in [5.74, 6) is -4.00. The second-order valence-corrected chi connectivity index (χ2v) is 10.1. The van der Waals surface area contributed by atoms with E-state index in [1.165, 1.54) is 17.0 Å². The fourth-order valence-electron chi connectivity index (χ4n) is 5.34. The first-order valence-corrected chi connectivity index (χ1v) is 13.3. The maximum Gasteiger partial charge on any atom is 0.413 e. The summed E-state index contributed by atoms with van der Waals surface area (Å²) >= 11 is 0. The summed E-state index contributed by atoms with van der Waals surface area (Å²) in [5, 5.41) is 26.7. The molecule has 0 bridgehead atoms. The number of anilines is 1. The van der Waals surface area contributed by atoms with Gasteiger partial charge in [-0.2, -0.15) is 0 Å². The van der Waals surface area contributed by atoms with Gasteiger partial charge in [-0.1, -0.05) is 36.4 Å². The van der Waals surface area contributed by atoms with Crippen molar-refractivity contribution in [3.05, 3.63) is 59.7 Å². The molecule has 5 rings (SSSR count). The molecule has 220 valence electrons. The number of cyclic esters (lactones) is 1. The fraction of sp³-hybridized carbons (Fsp3) is 0.357. The molecule has 5 atom stereocenters. The van der Waals surface area contributed by atoms with Gasteiger partial charge >= 0.3 is 18.0 Å². The predicted octanol–water partition coefficient (Wildman–Crippen LogP) is -0.243. The third kappa shape index (κ3) is 6.02. The first-order chi connectivity index (χ1) is 20.1. The largest absolute Gasteiger partial charge is 0.481 e. The standard InChI is InChI=1S/C28H28N4O10/c33-21(34)12-18(31-28(40)41-16-7-2-1-3-8-16)24(36)29-17-10-9-14-5-4-6-15-11-20(32(23(14)15)26(17)38)25(37)30-19-13-22(35)42-27(19)39/h1-8,17-20,27,39H,9-13H2,(H,29,36)(H,30,37)(H,31,40)(H,33,34)/t17-,18-,19-,20-,27?/m0/s1. The van der Waals surface area contributed by atoms with Gasteiger partial charge in [-0.05, 0) is 36.1 Å². The molecule has 14 heteroatoms. The number of rotatable bonds is 8. The summed E-state index contributed by atoms with van der Waals surface area (Å²) in [6, 6.07) is 8.62. The number of aliphatic hydroxyl groups excluding tert-OH is 1. The molecule has 0 radical (unpaired) electrons. The van der Waals surface area contributed by atoms with Gasteiger partial charge in [-0.15, -0.1) is 0 Å². The summed E-state index contributed by atoms with van der Waals surface area (Å²) < 4.78 is 9.80. The number of hydrogen-bond donors (Lipinski definition) is 5. The summed E-state index contributed by atoms with van der Waals surface area (Å²) in [4.78, 5) is 77.1. The van der Waals surface area contributed by atoms with E-state index in [0.29, 0.717) is 12.1 Å². The summed E-state index contributed by atoms with van der Waals surface area (Å²) in [5.41, 5.74) is 2.06. The van der Waals surface area contributed by atoms with Gasteiger partial charge in [-0.25, -0.2) is 4.79 Å². The number of esters is 1. The SMILES string of the molecule is O=C(O)C[C@H](NC(=O)Oc1ccccc1)C(=O)N[C@H]1CCc2cccc3c2N(C1=O)[C@H](C(=O)N[C@H]1CC(=O)OC1O)C3. The molecule has 0 spiro atoms. The lowest BCUT2D eigenvalue weighted by atomic mass is 10.0. The van der Waals surface area contributed by atoms with E-state index in [4.69, 9.17) is 4.74 Å². The van der Waals surface area contributed by atoms with Crippen molar-refractivity contribution in [3.63, 3.8) is 0 Å². The minimum absolute atomic E-state index is 0.143. The predicted molar refractivity (Wildman–Crippen MR) is 142 cm³/mol. The van der Waals surface area contributed by atoms with Crippen LogP contribution >= 0.6 is 0 Å². The number of carboxylic acid groups (broad SMARTS) is 1. The van der Waals surface area contributed by atoms with Gasteiger partial charge in [0.2, 0.25) is 24.0 Å². The zero-order chi connectivity index (χ0) is 30.0. The van der Waals surface area contributed by atoms with Crippen molar-refractivity contribution in [2.24, 2.45) is 0 Å². The molecule has 0 saturated carbocycles. The third-order valence-corrected chi connectivity index (χ3v) is 7.28. The van der Waals surface area contributed by atoms with Crippen molar-refractivity contribution in [2.45, 2.75) is 62.6 Å². The number of carbonyl (C=O) groups is 6. The van der Waals surface area contributed by atoms with E-state index in [1.54, 1.807) is 30.3 Å². The third-order valence-electron chi connectivity index (χ3n) is 7.28. The number of carboxylic acids is 1. The first kappa shape index (κ1) is 28.5. The van der Waals surface area contributed by atoms with Gasteiger partial charge in [-0.3, -0.25) is 28.9 Å². The Morgan fingerprint density at radius 1 is 1.00 bits per heavy atom. The van der Waals surface area contributed by atoms with Gasteiger partial charge in [0, 0.05) is 6.42 Å². The molecule has 0 aromatic heterocycles. The van der Waals surface area contributed by atoms with Crippen LogP contribution in [0.15, 0.2) is 48.5 Å². The average molecular weight is 581 g/mol. The highest BCUT2D eigenvalue weighted by Crippen LogP contribution is 2.39. The molecule has 5 N–H and O–H groups in total. The Morgan fingerprint density at radius 2 is 1.74 bits per heavy atom. The maximum atomic E-state index is 13.9. The number of aliphatic carboxylic acids is 1. The molecular weight excluding hydrogens is 552 g/mol. The number of hydrogen-bond acceptors (Lipinski definition) is 9. The molecule has 3 heterocycles. The van der Waals surface area contributed by atoms with Gasteiger partial charge in [0.05, 0.1) is 18.5 Å². The van der Waals surface area contributed by atoms with Crippen LogP contribution in [0.2, 0.25) is 0 Å². The van der Waals surface area contributed by atoms with E-state index in [0.717, 1.165) is 11.1 Å². The molecule has 1 saturated heterocycles. The second kappa shape index (κ2) is 11.9. The Balaban J connectivity index is 1.33. The summed E-state index contributed by atoms with van der Waals surface area (Å²) in [6.07, 6.45) is -2.91. The smallest absolute Gasteiger partial charge is 0.413 e. The number of amides is 4. The van der Waals surface area contributed by atoms with E-state index in [-0.39, 0.29) is 25.0 Å². The lowest BCUT2D eigenvalue weighted by molar-refractivity contribution is -0.155. The first-order valence-electron chi connectivity index (χ1n) is 13.3. The Hall–Kier alpha value is -4.98. The molecule has 42 heavy (non-hydrogen) atoms. The monoisotopic (exact) mass is 580 g/mol. The van der Waals surface area contributed by atoms with Gasteiger partial charge in [0.15, 0.2) is 0 Å². The van der Waals surface area contributed by atoms with E-state index in [9.17, 15) is 39.0 Å². The van der Waals surface area contributed by atoms with Crippen molar-refractivity contribution in [2.75, 3.05) is 4.90 Å². The van der Waals surface area contributed by atoms with Crippen LogP contribution < -0.4 is 25.6 Å². The number of aryl methyl sites for hydroxylation is 1. The number of carbonyl (C=O) groups excluding carboxylic acids is 5. The minimum atomic E-state index is -1.56. The maximum absolute atomic E-state index is 13.9. The number of benzene rings is 2. The minimum Gasteiger partial charge on any atom is -0.481 e. The Bertz CT molecular complexity index is 1430. The lowest BCUT2D eigenvalue weighted by Gasteiger charge is -2.29. The van der Waals surface area contributed by atoms with Gasteiger partial charge in [0.25, 0.3) is 0 Å². The number of nitrogens with zero attached hydrogens (tertiary/aromatic N) is 1. The summed E-state index contributed by atoms with van der Waals surface area (Å²) in [6.45, 7) is 0. The zero-order valence-corrected chi connectivity index (χ0v) is 22.1. The number of ether oxygens (including phenoxy) is 2. The van der Waals surface area contributed by atoms with Gasteiger partial charge in [0.1, 0.15) is 29.9 Å². The highest BCUT2D eigenvalue weighted by Gasteiger charge is 2.46. The topological polar surface area (TPSA) is 201 Å². The highest BCUT2D eigenvalue weighted by atomic mass is 16.6. The van der Waals surface area contributed by atoms with Crippen LogP contribution in [0.3, 0.4) is 0 Å². The molecule has 3 aliphatic heterocycles. The molecule has 1 fully saturated rings. The number of aliphatic hydroxyl groups is 1. The number of nitrogens with one attached hydrogen (secondary N) is 3. The Kier molecular flexibility index (Phi) is 8.06. The molecule has 3 aliphatic rings. The van der Waals surface area contributed by atoms with Crippen molar-refractivity contribution in [1.82, 2.24) is 16.0 Å². The summed E-state index contributed by atoms with van der Waals surface area (Å²) in [7, 11) is 0. The van der Waals surface area contributed by atoms with Crippen LogP contribution in [-0.2, 0) is 41.6 Å². The molecule has 2 aromatic carbocycles. The molecular formula is C28H28N4O10. The molecule has 2 aromatic rings. The van der Waals surface area contributed by atoms with E-state index >= 15 is 0 Å². The average Bonchev–Trinajstić information content (AvgIpc) is 3.45. The van der Waals surface area contributed by atoms with Crippen molar-refractivity contribution < 1.29 is 48.5 Å². The fourth-order valence-corrected chi connectivity index (χ4v) is 5.34. The van der Waals surface area contributed by atoms with Crippen LogP contribution in [0.25, 0.3) is 0 Å². The zero-order valence-electron chi connectivity index (χ0n) is 22.1. The molecule has 14 nitrogen and oxygen atoms in total. The highest BCUT2D eigenvalue weighted by molar-refractivity contribution is 6.08. The van der Waals surface area contributed by atoms with Crippen LogP contribution in [0, 0.1) is 0 Å². The van der Waals surface area contributed by atoms with Crippen molar-refractivity contribution >= 4 is 41.4 Å². The van der Waals surface area contributed by atoms with E-state index < -0.39 is 72.6 Å². The second-order valence-electron chi connectivity index (χ2n) is 10.1. The van der Waals surface area contributed by atoms with Crippen molar-refractivity contribution in [1.29, 1.82) is 0 Å². The van der Waals surface area contributed by atoms with Gasteiger partial charge < -0.3 is 35.6 Å². The van der Waals surface area contributed by atoms with Crippen LogP contribution in [-0.4, -0.2) is 76.4 Å². The Morgan fingerprint density at radius 3 is 2.43 bits per heavy atom. The quantitative estimate of drug-likeness (QED) is 0.260. The Labute approximate surface area is 239 Å². The molecule has 0 aliphatic carbocycles. The van der Waals surface area contributed by atoms with Crippen LogP contribution in [0.4, 0.5) is 10.5 Å². The molecule has 1 unspecified atom stereocenters. The van der Waals surface area contributed by atoms with E-state index in [2.05, 4.69) is 20.7 Å². The normalized spacial score (nSPS) is 23.2. The number of para-hydroxylation sites is 2. The van der Waals surface area contributed by atoms with E-state index in [1.807, 2.05) is 6.07 Å².